The average molecular weight is 487 g/mol. The van der Waals surface area contributed by atoms with E-state index in [1.165, 1.54) is 38.5 Å². The van der Waals surface area contributed by atoms with Crippen LogP contribution in [0.25, 0.3) is 0 Å². The zero-order chi connectivity index (χ0) is 24.7. The van der Waals surface area contributed by atoms with E-state index in [0.717, 1.165) is 6.42 Å². The van der Waals surface area contributed by atoms with Crippen LogP contribution in [0.2, 0.25) is 0 Å². The van der Waals surface area contributed by atoms with E-state index in [9.17, 15) is 13.2 Å². The van der Waals surface area contributed by atoms with Gasteiger partial charge < -0.3 is 24.1 Å². The SMILES string of the molecule is CCCOc1cc(CC(=O)O)cc(S(=O)(=O)c2ccc(Oc3ccc(OC)c(OC)c3)cc2)c1. The Morgan fingerprint density at radius 2 is 1.50 bits per heavy atom. The van der Waals surface area contributed by atoms with Crippen molar-refractivity contribution in [1.82, 2.24) is 0 Å². The van der Waals surface area contributed by atoms with Crippen LogP contribution in [-0.2, 0) is 21.1 Å². The molecule has 0 unspecified atom stereocenters. The first-order valence-electron chi connectivity index (χ1n) is 10.5. The number of ether oxygens (including phenoxy) is 4. The third-order valence-corrected chi connectivity index (χ3v) is 6.55. The van der Waals surface area contributed by atoms with Crippen molar-refractivity contribution in [3.8, 4) is 28.7 Å². The van der Waals surface area contributed by atoms with Gasteiger partial charge >= 0.3 is 5.97 Å². The van der Waals surface area contributed by atoms with Gasteiger partial charge in [-0.05, 0) is 66.6 Å². The van der Waals surface area contributed by atoms with Gasteiger partial charge in [-0.3, -0.25) is 4.79 Å². The lowest BCUT2D eigenvalue weighted by molar-refractivity contribution is -0.136. The van der Waals surface area contributed by atoms with E-state index in [-0.39, 0.29) is 16.2 Å². The van der Waals surface area contributed by atoms with Crippen molar-refractivity contribution in [2.45, 2.75) is 29.6 Å². The number of carbonyl (C=O) groups is 1. The molecule has 0 spiro atoms. The monoisotopic (exact) mass is 486 g/mol. The smallest absolute Gasteiger partial charge is 0.307 e. The molecule has 0 aromatic heterocycles. The van der Waals surface area contributed by atoms with E-state index >= 15 is 0 Å². The molecule has 3 aromatic rings. The summed E-state index contributed by atoms with van der Waals surface area (Å²) < 4.78 is 48.3. The Balaban J connectivity index is 1.87. The molecule has 0 fully saturated rings. The Morgan fingerprint density at radius 1 is 0.824 bits per heavy atom. The number of sulfone groups is 1. The summed E-state index contributed by atoms with van der Waals surface area (Å²) in [5.74, 6) is 1.23. The second kappa shape index (κ2) is 10.9. The summed E-state index contributed by atoms with van der Waals surface area (Å²) in [6.07, 6.45) is 0.413. The van der Waals surface area contributed by atoms with Gasteiger partial charge in [0, 0.05) is 6.07 Å². The minimum atomic E-state index is -3.92. The largest absolute Gasteiger partial charge is 0.494 e. The van der Waals surface area contributed by atoms with Gasteiger partial charge in [-0.2, -0.15) is 0 Å². The molecule has 9 heteroatoms. The summed E-state index contributed by atoms with van der Waals surface area (Å²) in [6, 6.07) is 15.3. The van der Waals surface area contributed by atoms with Gasteiger partial charge in [0.2, 0.25) is 9.84 Å². The molecule has 0 atom stereocenters. The third kappa shape index (κ3) is 5.99. The topological polar surface area (TPSA) is 108 Å². The van der Waals surface area contributed by atoms with Gasteiger partial charge in [0.25, 0.3) is 0 Å². The summed E-state index contributed by atoms with van der Waals surface area (Å²) in [7, 11) is -0.864. The van der Waals surface area contributed by atoms with Crippen LogP contribution in [0.1, 0.15) is 18.9 Å². The first-order valence-corrected chi connectivity index (χ1v) is 12.0. The maximum atomic E-state index is 13.2. The van der Waals surface area contributed by atoms with Crippen LogP contribution >= 0.6 is 0 Å². The molecular formula is C25H26O8S. The van der Waals surface area contributed by atoms with E-state index in [0.29, 0.717) is 40.9 Å². The van der Waals surface area contributed by atoms with Gasteiger partial charge in [-0.25, -0.2) is 8.42 Å². The molecule has 3 aromatic carbocycles. The average Bonchev–Trinajstić information content (AvgIpc) is 2.82. The van der Waals surface area contributed by atoms with E-state index in [1.807, 2.05) is 6.92 Å². The van der Waals surface area contributed by atoms with Crippen molar-refractivity contribution in [2.75, 3.05) is 20.8 Å². The lowest BCUT2D eigenvalue weighted by Gasteiger charge is -2.12. The van der Waals surface area contributed by atoms with Gasteiger partial charge in [0.1, 0.15) is 17.2 Å². The van der Waals surface area contributed by atoms with Crippen molar-refractivity contribution in [3.63, 3.8) is 0 Å². The van der Waals surface area contributed by atoms with Crippen LogP contribution in [0, 0.1) is 0 Å². The van der Waals surface area contributed by atoms with Crippen LogP contribution in [-0.4, -0.2) is 40.3 Å². The van der Waals surface area contributed by atoms with Gasteiger partial charge in [0.15, 0.2) is 11.5 Å². The molecule has 1 N–H and O–H groups in total. The van der Waals surface area contributed by atoms with E-state index in [2.05, 4.69) is 0 Å². The molecule has 0 saturated carbocycles. The van der Waals surface area contributed by atoms with Crippen LogP contribution in [0.15, 0.2) is 70.5 Å². The van der Waals surface area contributed by atoms with Crippen molar-refractivity contribution in [2.24, 2.45) is 0 Å². The lowest BCUT2D eigenvalue weighted by Crippen LogP contribution is -2.07. The van der Waals surface area contributed by atoms with Crippen LogP contribution in [0.5, 0.6) is 28.7 Å². The normalized spacial score (nSPS) is 11.0. The number of benzene rings is 3. The molecule has 34 heavy (non-hydrogen) atoms. The Hall–Kier alpha value is -3.72. The van der Waals surface area contributed by atoms with E-state index < -0.39 is 15.8 Å². The minimum Gasteiger partial charge on any atom is -0.494 e. The Morgan fingerprint density at radius 3 is 2.12 bits per heavy atom. The molecule has 0 saturated heterocycles. The zero-order valence-corrected chi connectivity index (χ0v) is 19.9. The highest BCUT2D eigenvalue weighted by molar-refractivity contribution is 7.91. The first kappa shape index (κ1) is 24.9. The molecule has 0 aliphatic rings. The summed E-state index contributed by atoms with van der Waals surface area (Å²) >= 11 is 0. The van der Waals surface area contributed by atoms with Crippen LogP contribution < -0.4 is 18.9 Å². The van der Waals surface area contributed by atoms with Crippen molar-refractivity contribution < 1.29 is 37.3 Å². The van der Waals surface area contributed by atoms with Gasteiger partial charge in [-0.1, -0.05) is 6.92 Å². The number of carboxylic acids is 1. The summed E-state index contributed by atoms with van der Waals surface area (Å²) in [4.78, 5) is 11.2. The van der Waals surface area contributed by atoms with Crippen molar-refractivity contribution in [3.05, 3.63) is 66.2 Å². The standard InChI is InChI=1S/C25H26O8S/c1-4-11-32-20-12-17(14-25(26)27)13-22(15-20)34(28,29)21-8-5-18(6-9-21)33-19-7-10-23(30-2)24(16-19)31-3/h5-10,12-13,15-16H,4,11,14H2,1-3H3,(H,26,27). The molecule has 3 rings (SSSR count). The highest BCUT2D eigenvalue weighted by Gasteiger charge is 2.20. The zero-order valence-electron chi connectivity index (χ0n) is 19.1. The quantitative estimate of drug-likeness (QED) is 0.414. The van der Waals surface area contributed by atoms with Crippen molar-refractivity contribution in [1.29, 1.82) is 0 Å². The number of rotatable bonds is 11. The predicted molar refractivity (Wildman–Crippen MR) is 125 cm³/mol. The molecule has 0 amide bonds. The Bertz CT molecular complexity index is 1250. The molecule has 0 aliphatic carbocycles. The number of hydrogen-bond donors (Lipinski definition) is 1. The molecule has 0 radical (unpaired) electrons. The van der Waals surface area contributed by atoms with Gasteiger partial charge in [-0.15, -0.1) is 0 Å². The van der Waals surface area contributed by atoms with E-state index in [4.69, 9.17) is 24.1 Å². The second-order valence-electron chi connectivity index (χ2n) is 7.33. The van der Waals surface area contributed by atoms with Gasteiger partial charge in [0.05, 0.1) is 37.0 Å². The third-order valence-electron chi connectivity index (χ3n) is 4.80. The Kier molecular flexibility index (Phi) is 8.01. The summed E-state index contributed by atoms with van der Waals surface area (Å²) in [6.45, 7) is 2.31. The summed E-state index contributed by atoms with van der Waals surface area (Å²) in [5.41, 5.74) is 0.341. The maximum absolute atomic E-state index is 13.2. The second-order valence-corrected chi connectivity index (χ2v) is 9.28. The number of hydrogen-bond acceptors (Lipinski definition) is 7. The Labute approximate surface area is 198 Å². The molecule has 0 heterocycles. The number of carboxylic acid groups (broad SMARTS) is 1. The number of methoxy groups -OCH3 is 2. The van der Waals surface area contributed by atoms with Crippen LogP contribution in [0.3, 0.4) is 0 Å². The molecule has 0 bridgehead atoms. The fraction of sp³-hybridized carbons (Fsp3) is 0.240. The maximum Gasteiger partial charge on any atom is 0.307 e. The van der Waals surface area contributed by atoms with Crippen molar-refractivity contribution >= 4 is 15.8 Å². The highest BCUT2D eigenvalue weighted by Crippen LogP contribution is 2.34. The predicted octanol–water partition coefficient (Wildman–Crippen LogP) is 4.74. The fourth-order valence-electron chi connectivity index (χ4n) is 3.20. The fourth-order valence-corrected chi connectivity index (χ4v) is 4.55. The molecular weight excluding hydrogens is 460 g/mol. The first-order chi connectivity index (χ1) is 16.3. The molecule has 0 aliphatic heterocycles. The molecule has 8 nitrogen and oxygen atoms in total. The minimum absolute atomic E-state index is 0.0362. The van der Waals surface area contributed by atoms with Crippen LogP contribution in [0.4, 0.5) is 0 Å². The lowest BCUT2D eigenvalue weighted by atomic mass is 10.1. The highest BCUT2D eigenvalue weighted by atomic mass is 32.2. The number of aliphatic carboxylic acids is 1. The van der Waals surface area contributed by atoms with E-state index in [1.54, 1.807) is 36.4 Å². The molecule has 180 valence electrons. The summed E-state index contributed by atoms with van der Waals surface area (Å²) in [5, 5.41) is 9.14.